The summed E-state index contributed by atoms with van der Waals surface area (Å²) in [5.74, 6) is -0.894. The van der Waals surface area contributed by atoms with Gasteiger partial charge in [-0.15, -0.1) is 0 Å². The Morgan fingerprint density at radius 1 is 0.905 bits per heavy atom. The molecule has 8 heteroatoms. The Hall–Kier alpha value is -2.61. The van der Waals surface area contributed by atoms with Crippen molar-refractivity contribution in [3.05, 3.63) is 70.0 Å². The number of unbranched alkanes of at least 4 members (excludes halogenated alkanes) is 2. The van der Waals surface area contributed by atoms with Gasteiger partial charge in [-0.25, -0.2) is 8.78 Å². The number of carbonyl (C=O) groups is 1. The van der Waals surface area contributed by atoms with Crippen LogP contribution in [0.15, 0.2) is 57.8 Å². The number of aryl methyl sites for hydroxylation is 1. The molecule has 1 aromatic rings. The van der Waals surface area contributed by atoms with Crippen LogP contribution in [0.4, 0.5) is 22.0 Å². The molecule has 42 heavy (non-hydrogen) atoms. The Morgan fingerprint density at radius 2 is 1.45 bits per heavy atom. The molecule has 0 spiro atoms. The summed E-state index contributed by atoms with van der Waals surface area (Å²) in [6.07, 6.45) is 5.91. The molecule has 1 N–H and O–H groups in total. The van der Waals surface area contributed by atoms with Crippen molar-refractivity contribution >= 4 is 11.5 Å². The first-order chi connectivity index (χ1) is 19.3. The van der Waals surface area contributed by atoms with Crippen LogP contribution in [0.1, 0.15) is 119 Å². The van der Waals surface area contributed by atoms with Gasteiger partial charge in [0.05, 0.1) is 11.3 Å². The van der Waals surface area contributed by atoms with E-state index in [0.29, 0.717) is 17.7 Å². The number of benzene rings is 1. The second-order valence-corrected chi connectivity index (χ2v) is 11.2. The van der Waals surface area contributed by atoms with Gasteiger partial charge in [0.2, 0.25) is 0 Å². The van der Waals surface area contributed by atoms with Gasteiger partial charge in [0, 0.05) is 30.2 Å². The molecule has 0 amide bonds. The van der Waals surface area contributed by atoms with Crippen LogP contribution in [0.5, 0.6) is 0 Å². The van der Waals surface area contributed by atoms with Crippen LogP contribution in [0.3, 0.4) is 0 Å². The van der Waals surface area contributed by atoms with Gasteiger partial charge in [0.15, 0.2) is 0 Å². The third kappa shape index (κ3) is 22.0. The molecule has 0 saturated carbocycles. The van der Waals surface area contributed by atoms with Crippen LogP contribution < -0.4 is 0 Å². The topological polar surface area (TPSA) is 49.7 Å². The SMILES string of the molecule is CCC/C=C(C)/C(=C\C(C)=C(/C)C(F)(F)F)N=C(C)CCCC.CCCC(=O)CC(C)(C)O.Cc1cc(F)cc(F)c1. The Bertz CT molecular complexity index is 1020. The van der Waals surface area contributed by atoms with E-state index in [1.165, 1.54) is 19.1 Å². The van der Waals surface area contributed by atoms with Crippen molar-refractivity contribution in [1.29, 1.82) is 0 Å². The quantitative estimate of drug-likeness (QED) is 0.147. The maximum absolute atomic E-state index is 12.8. The number of Topliss-reactive ketones (excluding diaryl/α,β-unsaturated/α-hetero) is 1. The minimum Gasteiger partial charge on any atom is -0.390 e. The molecule has 0 aliphatic carbocycles. The molecule has 0 saturated heterocycles. The summed E-state index contributed by atoms with van der Waals surface area (Å²) in [7, 11) is 0. The van der Waals surface area contributed by atoms with E-state index in [1.54, 1.807) is 26.8 Å². The first kappa shape index (κ1) is 41.5. The summed E-state index contributed by atoms with van der Waals surface area (Å²) >= 11 is 0. The number of alkyl halides is 3. The zero-order valence-electron chi connectivity index (χ0n) is 27.2. The zero-order chi connectivity index (χ0) is 33.1. The predicted molar refractivity (Wildman–Crippen MR) is 166 cm³/mol. The van der Waals surface area contributed by atoms with Gasteiger partial charge in [0.25, 0.3) is 0 Å². The van der Waals surface area contributed by atoms with Crippen LogP contribution in [0, 0.1) is 18.6 Å². The highest BCUT2D eigenvalue weighted by Gasteiger charge is 2.31. The van der Waals surface area contributed by atoms with Crippen molar-refractivity contribution in [3.63, 3.8) is 0 Å². The van der Waals surface area contributed by atoms with E-state index in [4.69, 9.17) is 0 Å². The van der Waals surface area contributed by atoms with Gasteiger partial charge in [-0.3, -0.25) is 9.79 Å². The number of halogens is 5. The lowest BCUT2D eigenvalue weighted by molar-refractivity contribution is -0.122. The molecule has 0 bridgehead atoms. The van der Waals surface area contributed by atoms with Crippen molar-refractivity contribution < 1.29 is 31.9 Å². The van der Waals surface area contributed by atoms with E-state index >= 15 is 0 Å². The number of carbonyl (C=O) groups excluding carboxylic acids is 1. The van der Waals surface area contributed by atoms with Gasteiger partial charge in [-0.1, -0.05) is 39.7 Å². The average Bonchev–Trinajstić information content (AvgIpc) is 2.83. The van der Waals surface area contributed by atoms with Gasteiger partial charge < -0.3 is 5.11 Å². The number of aliphatic hydroxyl groups is 1. The number of hydrogen-bond acceptors (Lipinski definition) is 3. The number of nitrogens with zero attached hydrogens (tertiary/aromatic N) is 1. The van der Waals surface area contributed by atoms with Crippen molar-refractivity contribution in [1.82, 2.24) is 0 Å². The summed E-state index contributed by atoms with van der Waals surface area (Å²) < 4.78 is 62.9. The van der Waals surface area contributed by atoms with E-state index in [2.05, 4.69) is 18.8 Å². The lowest BCUT2D eigenvalue weighted by Crippen LogP contribution is -2.22. The fraction of sp³-hybridized carbons (Fsp3) is 0.588. The van der Waals surface area contributed by atoms with Gasteiger partial charge in [-0.05, 0) is 109 Å². The Morgan fingerprint density at radius 3 is 1.86 bits per heavy atom. The average molecular weight is 602 g/mol. The number of aliphatic imine (C=N–C) groups is 1. The number of hydrogen-bond donors (Lipinski definition) is 1. The van der Waals surface area contributed by atoms with E-state index in [9.17, 15) is 31.9 Å². The highest BCUT2D eigenvalue weighted by molar-refractivity contribution is 5.83. The molecule has 0 radical (unpaired) electrons. The third-order valence-electron chi connectivity index (χ3n) is 5.88. The van der Waals surface area contributed by atoms with Crippen molar-refractivity contribution in [3.8, 4) is 0 Å². The minimum absolute atomic E-state index is 0.148. The summed E-state index contributed by atoms with van der Waals surface area (Å²) in [5, 5.41) is 9.19. The summed E-state index contributed by atoms with van der Waals surface area (Å²) in [6, 6.07) is 3.42. The maximum atomic E-state index is 12.8. The minimum atomic E-state index is -4.30. The Kier molecular flexibility index (Phi) is 20.9. The first-order valence-electron chi connectivity index (χ1n) is 14.6. The molecule has 0 fully saturated rings. The molecular weight excluding hydrogens is 549 g/mol. The van der Waals surface area contributed by atoms with Crippen molar-refractivity contribution in [2.24, 2.45) is 4.99 Å². The monoisotopic (exact) mass is 601 g/mol. The highest BCUT2D eigenvalue weighted by Crippen LogP contribution is 2.29. The lowest BCUT2D eigenvalue weighted by atomic mass is 10.00. The lowest BCUT2D eigenvalue weighted by Gasteiger charge is -2.14. The smallest absolute Gasteiger partial charge is 0.390 e. The normalized spacial score (nSPS) is 13.5. The largest absolute Gasteiger partial charge is 0.412 e. The fourth-order valence-electron chi connectivity index (χ4n) is 3.47. The van der Waals surface area contributed by atoms with Crippen LogP contribution in [0.25, 0.3) is 0 Å². The molecule has 0 heterocycles. The fourth-order valence-corrected chi connectivity index (χ4v) is 3.47. The Balaban J connectivity index is 0. The van der Waals surface area contributed by atoms with Crippen LogP contribution in [-0.4, -0.2) is 28.4 Å². The molecular formula is C34H52F5NO2. The molecule has 0 unspecified atom stereocenters. The zero-order valence-corrected chi connectivity index (χ0v) is 27.2. The predicted octanol–water partition coefficient (Wildman–Crippen LogP) is 11.0. The van der Waals surface area contributed by atoms with Crippen LogP contribution in [0.2, 0.25) is 0 Å². The van der Waals surface area contributed by atoms with E-state index in [1.807, 2.05) is 26.8 Å². The Labute approximate surface area is 250 Å². The second kappa shape index (κ2) is 21.1. The second-order valence-electron chi connectivity index (χ2n) is 11.2. The van der Waals surface area contributed by atoms with Crippen molar-refractivity contribution in [2.75, 3.05) is 0 Å². The third-order valence-corrected chi connectivity index (χ3v) is 5.88. The number of allylic oxidation sites excluding steroid dienone is 5. The molecule has 0 aromatic heterocycles. The van der Waals surface area contributed by atoms with E-state index in [0.717, 1.165) is 62.8 Å². The first-order valence-corrected chi connectivity index (χ1v) is 14.6. The molecule has 1 rings (SSSR count). The molecule has 3 nitrogen and oxygen atoms in total. The molecule has 0 atom stereocenters. The van der Waals surface area contributed by atoms with Crippen LogP contribution >= 0.6 is 0 Å². The van der Waals surface area contributed by atoms with E-state index < -0.39 is 29.0 Å². The highest BCUT2D eigenvalue weighted by atomic mass is 19.4. The van der Waals surface area contributed by atoms with Gasteiger partial charge in [-0.2, -0.15) is 13.2 Å². The molecule has 240 valence electrons. The maximum Gasteiger partial charge on any atom is 0.412 e. The summed E-state index contributed by atoms with van der Waals surface area (Å²) in [5.41, 5.74) is 1.94. The number of ketones is 1. The number of rotatable bonds is 12. The van der Waals surface area contributed by atoms with Gasteiger partial charge >= 0.3 is 6.18 Å². The molecule has 0 aliphatic heterocycles. The summed E-state index contributed by atoms with van der Waals surface area (Å²) in [6.45, 7) is 17.5. The standard InChI is InChI=1S/C19H30F3N.C8H16O2.C7H6F2/c1-7-9-11-14(3)18(23-16(5)12-10-8-2)13-15(4)17(6)19(20,21)22;1-4-5-7(9)6-8(2,3)10;1-5-2-6(8)4-7(9)3-5/h11,13H,7-10,12H2,1-6H3;10H,4-6H2,1-3H3;2-4H,1H3/b14-11+,17-15+,18-13+,23-16?;;. The van der Waals surface area contributed by atoms with Gasteiger partial charge in [0.1, 0.15) is 17.4 Å². The molecule has 1 aromatic carbocycles. The summed E-state index contributed by atoms with van der Waals surface area (Å²) in [4.78, 5) is 15.5. The van der Waals surface area contributed by atoms with Crippen LogP contribution in [-0.2, 0) is 4.79 Å². The van der Waals surface area contributed by atoms with E-state index in [-0.39, 0.29) is 17.8 Å². The molecule has 0 aliphatic rings. The van der Waals surface area contributed by atoms with Crippen molar-refractivity contribution in [2.45, 2.75) is 132 Å².